The van der Waals surface area contributed by atoms with Crippen LogP contribution >= 0.6 is 0 Å². The average molecular weight is 356 g/mol. The summed E-state index contributed by atoms with van der Waals surface area (Å²) in [6, 6.07) is 6.49. The van der Waals surface area contributed by atoms with Gasteiger partial charge in [0.2, 0.25) is 0 Å². The fourth-order valence-corrected chi connectivity index (χ4v) is 3.68. The van der Waals surface area contributed by atoms with Crippen LogP contribution in [0.5, 0.6) is 0 Å². The number of carbonyl (C=O) groups is 1. The van der Waals surface area contributed by atoms with Crippen LogP contribution in [0.4, 0.5) is 11.4 Å². The third kappa shape index (κ3) is 3.75. The van der Waals surface area contributed by atoms with Crippen LogP contribution in [-0.4, -0.2) is 48.4 Å². The predicted octanol–water partition coefficient (Wildman–Crippen LogP) is 0.997. The van der Waals surface area contributed by atoms with Gasteiger partial charge in [0, 0.05) is 12.7 Å². The van der Waals surface area contributed by atoms with Crippen molar-refractivity contribution in [3.05, 3.63) is 40.7 Å². The Bertz CT molecular complexity index is 803. The quantitative estimate of drug-likeness (QED) is 0.859. The fourth-order valence-electron chi connectivity index (χ4n) is 3.68. The average Bonchev–Trinajstić information content (AvgIpc) is 2.84. The third-order valence-corrected chi connectivity index (χ3v) is 5.57. The van der Waals surface area contributed by atoms with Crippen LogP contribution in [0.1, 0.15) is 22.5 Å². The van der Waals surface area contributed by atoms with E-state index in [2.05, 4.69) is 47.4 Å². The van der Waals surface area contributed by atoms with Gasteiger partial charge in [0.25, 0.3) is 5.91 Å². The highest BCUT2D eigenvalue weighted by molar-refractivity contribution is 5.92. The molecule has 0 aliphatic carbocycles. The number of hydrogen-bond donors (Lipinski definition) is 2. The van der Waals surface area contributed by atoms with Gasteiger partial charge in [0.05, 0.1) is 43.3 Å². The van der Waals surface area contributed by atoms with Crippen molar-refractivity contribution >= 4 is 17.3 Å². The Morgan fingerprint density at radius 1 is 1.19 bits per heavy atom. The molecular formula is C20H30N5O+. The van der Waals surface area contributed by atoms with Crippen LogP contribution in [0.2, 0.25) is 0 Å². The molecule has 2 N–H and O–H groups in total. The smallest absolute Gasteiger partial charge is 0.279 e. The molecule has 6 heteroatoms. The molecule has 1 aromatic heterocycles. The molecule has 1 aromatic carbocycles. The minimum Gasteiger partial charge on any atom is -0.360 e. The summed E-state index contributed by atoms with van der Waals surface area (Å²) in [6.45, 7) is 12.7. The molecule has 0 radical (unpaired) electrons. The lowest BCUT2D eigenvalue weighted by atomic mass is 10.1. The molecule has 0 bridgehead atoms. The maximum Gasteiger partial charge on any atom is 0.279 e. The molecule has 2 heterocycles. The van der Waals surface area contributed by atoms with Crippen molar-refractivity contribution < 1.29 is 9.69 Å². The molecular weight excluding hydrogens is 326 g/mol. The van der Waals surface area contributed by atoms with Crippen LogP contribution in [0.3, 0.4) is 0 Å². The van der Waals surface area contributed by atoms with E-state index in [0.717, 1.165) is 43.3 Å². The van der Waals surface area contributed by atoms with Crippen molar-refractivity contribution in [1.29, 1.82) is 0 Å². The number of aromatic nitrogens is 2. The topological polar surface area (TPSA) is 54.6 Å². The Morgan fingerprint density at radius 3 is 2.50 bits per heavy atom. The van der Waals surface area contributed by atoms with Gasteiger partial charge >= 0.3 is 0 Å². The van der Waals surface area contributed by atoms with Gasteiger partial charge in [-0.1, -0.05) is 12.1 Å². The first-order chi connectivity index (χ1) is 12.4. The second-order valence-corrected chi connectivity index (χ2v) is 7.35. The number of nitrogens with one attached hydrogen (secondary N) is 2. The van der Waals surface area contributed by atoms with E-state index in [1.165, 1.54) is 21.7 Å². The second-order valence-electron chi connectivity index (χ2n) is 7.35. The molecule has 0 atom stereocenters. The molecule has 1 saturated heterocycles. The molecule has 26 heavy (non-hydrogen) atoms. The molecule has 0 spiro atoms. The number of carbonyl (C=O) groups excluding carboxylic acids is 1. The molecule has 6 nitrogen and oxygen atoms in total. The summed E-state index contributed by atoms with van der Waals surface area (Å²) in [5.74, 6) is 0.0689. The summed E-state index contributed by atoms with van der Waals surface area (Å²) in [4.78, 5) is 16.2. The van der Waals surface area contributed by atoms with Gasteiger partial charge in [-0.05, 0) is 44.9 Å². The summed E-state index contributed by atoms with van der Waals surface area (Å²) < 4.78 is 1.81. The maximum atomic E-state index is 12.5. The van der Waals surface area contributed by atoms with E-state index in [0.29, 0.717) is 6.54 Å². The zero-order valence-corrected chi connectivity index (χ0v) is 16.5. The Hall–Kier alpha value is -2.34. The zero-order chi connectivity index (χ0) is 18.8. The highest BCUT2D eigenvalue weighted by Crippen LogP contribution is 2.22. The molecule has 3 rings (SSSR count). The number of nitrogens with zero attached hydrogens (tertiary/aromatic N) is 3. The molecule has 1 amide bonds. The highest BCUT2D eigenvalue weighted by Gasteiger charge is 2.24. The Labute approximate surface area is 155 Å². The molecule has 1 fully saturated rings. The predicted molar refractivity (Wildman–Crippen MR) is 105 cm³/mol. The number of amides is 1. The number of aryl methyl sites for hydroxylation is 3. The number of quaternary nitrogens is 1. The molecule has 1 aliphatic rings. The lowest BCUT2D eigenvalue weighted by Crippen LogP contribution is -3.15. The van der Waals surface area contributed by atoms with E-state index >= 15 is 0 Å². The standard InChI is InChI=1S/C20H29N5O/c1-14-7-6-8-18(15(14)2)25-11-9-24(10-12-25)13-19(26)21-20-16(3)22-23(5)17(20)4/h6-8H,9-13H2,1-5H3,(H,21,26)/p+1. The number of anilines is 2. The summed E-state index contributed by atoms with van der Waals surface area (Å²) >= 11 is 0. The Balaban J connectivity index is 1.55. The third-order valence-electron chi connectivity index (χ3n) is 5.57. The summed E-state index contributed by atoms with van der Waals surface area (Å²) in [5.41, 5.74) is 6.73. The van der Waals surface area contributed by atoms with Crippen LogP contribution < -0.4 is 15.1 Å². The van der Waals surface area contributed by atoms with E-state index < -0.39 is 0 Å². The zero-order valence-electron chi connectivity index (χ0n) is 16.5. The van der Waals surface area contributed by atoms with Gasteiger partial charge in [0.1, 0.15) is 0 Å². The minimum absolute atomic E-state index is 0.0689. The SMILES string of the molecule is Cc1cccc(N2CC[NH+](CC(=O)Nc3c(C)nn(C)c3C)CC2)c1C. The van der Waals surface area contributed by atoms with Gasteiger partial charge < -0.3 is 15.1 Å². The molecule has 0 saturated carbocycles. The monoisotopic (exact) mass is 356 g/mol. The van der Waals surface area contributed by atoms with E-state index in [1.54, 1.807) is 4.68 Å². The highest BCUT2D eigenvalue weighted by atomic mass is 16.2. The molecule has 1 aliphatic heterocycles. The number of rotatable bonds is 4. The van der Waals surface area contributed by atoms with Gasteiger partial charge in [-0.2, -0.15) is 5.10 Å². The molecule has 140 valence electrons. The van der Waals surface area contributed by atoms with E-state index in [9.17, 15) is 4.79 Å². The minimum atomic E-state index is 0.0689. The first-order valence-corrected chi connectivity index (χ1v) is 9.31. The van der Waals surface area contributed by atoms with E-state index in [-0.39, 0.29) is 5.91 Å². The van der Waals surface area contributed by atoms with Crippen molar-refractivity contribution in [2.45, 2.75) is 27.7 Å². The number of hydrogen-bond acceptors (Lipinski definition) is 3. The van der Waals surface area contributed by atoms with Crippen LogP contribution in [0, 0.1) is 27.7 Å². The van der Waals surface area contributed by atoms with Crippen molar-refractivity contribution in [1.82, 2.24) is 9.78 Å². The normalized spacial score (nSPS) is 15.3. The number of benzene rings is 1. The van der Waals surface area contributed by atoms with E-state index in [4.69, 9.17) is 0 Å². The van der Waals surface area contributed by atoms with Gasteiger partial charge in [0.15, 0.2) is 6.54 Å². The Kier molecular flexibility index (Phi) is 5.32. The molecule has 2 aromatic rings. The van der Waals surface area contributed by atoms with Crippen molar-refractivity contribution in [3.63, 3.8) is 0 Å². The lowest BCUT2D eigenvalue weighted by Gasteiger charge is -2.34. The van der Waals surface area contributed by atoms with Crippen LogP contribution in [0.25, 0.3) is 0 Å². The summed E-state index contributed by atoms with van der Waals surface area (Å²) in [6.07, 6.45) is 0. The molecule has 0 unspecified atom stereocenters. The fraction of sp³-hybridized carbons (Fsp3) is 0.500. The summed E-state index contributed by atoms with van der Waals surface area (Å²) in [7, 11) is 1.90. The second kappa shape index (κ2) is 7.50. The van der Waals surface area contributed by atoms with Gasteiger partial charge in [-0.15, -0.1) is 0 Å². The van der Waals surface area contributed by atoms with Crippen molar-refractivity contribution in [2.24, 2.45) is 7.05 Å². The lowest BCUT2D eigenvalue weighted by molar-refractivity contribution is -0.892. The van der Waals surface area contributed by atoms with E-state index in [1.807, 2.05) is 20.9 Å². The van der Waals surface area contributed by atoms with Crippen LogP contribution in [0.15, 0.2) is 18.2 Å². The summed E-state index contributed by atoms with van der Waals surface area (Å²) in [5, 5.41) is 7.41. The van der Waals surface area contributed by atoms with Crippen molar-refractivity contribution in [2.75, 3.05) is 42.9 Å². The Morgan fingerprint density at radius 2 is 1.88 bits per heavy atom. The van der Waals surface area contributed by atoms with Gasteiger partial charge in [-0.25, -0.2) is 0 Å². The maximum absolute atomic E-state index is 12.5. The first-order valence-electron chi connectivity index (χ1n) is 9.31. The van der Waals surface area contributed by atoms with Gasteiger partial charge in [-0.3, -0.25) is 9.48 Å². The van der Waals surface area contributed by atoms with Crippen LogP contribution in [-0.2, 0) is 11.8 Å². The largest absolute Gasteiger partial charge is 0.360 e. The van der Waals surface area contributed by atoms with Crippen molar-refractivity contribution in [3.8, 4) is 0 Å². The first kappa shape index (κ1) is 18.5. The number of piperazine rings is 1.